The molecule has 0 aliphatic carbocycles. The van der Waals surface area contributed by atoms with Gasteiger partial charge in [0.25, 0.3) is 0 Å². The summed E-state index contributed by atoms with van der Waals surface area (Å²) >= 11 is 5.85. The third kappa shape index (κ3) is 5.65. The maximum absolute atomic E-state index is 12.9. The highest BCUT2D eigenvalue weighted by Gasteiger charge is 2.22. The largest absolute Gasteiger partial charge is 0.369 e. The first-order valence-electron chi connectivity index (χ1n) is 7.97. The highest BCUT2D eigenvalue weighted by molar-refractivity contribution is 6.33. The van der Waals surface area contributed by atoms with E-state index in [0.29, 0.717) is 12.2 Å². The normalized spacial score (nSPS) is 15.9. The van der Waals surface area contributed by atoms with Crippen LogP contribution in [0.4, 0.5) is 14.9 Å². The molecule has 1 fully saturated rings. The lowest BCUT2D eigenvalue weighted by Crippen LogP contribution is -2.40. The van der Waals surface area contributed by atoms with Gasteiger partial charge in [0.05, 0.1) is 10.7 Å². The summed E-state index contributed by atoms with van der Waals surface area (Å²) in [5, 5.41) is 5.47. The molecule has 1 saturated heterocycles. The van der Waals surface area contributed by atoms with E-state index in [4.69, 9.17) is 17.3 Å². The second-order valence-electron chi connectivity index (χ2n) is 5.88. The van der Waals surface area contributed by atoms with Crippen LogP contribution in [0.2, 0.25) is 5.02 Å². The number of primary amides is 1. The number of likely N-dealkylation sites (tertiary alicyclic amines) is 1. The molecule has 24 heavy (non-hydrogen) atoms. The molecular weight excluding hydrogens is 335 g/mol. The number of hydrogen-bond donors (Lipinski definition) is 3. The Morgan fingerprint density at radius 1 is 1.33 bits per heavy atom. The van der Waals surface area contributed by atoms with Gasteiger partial charge in [-0.2, -0.15) is 0 Å². The molecule has 4 N–H and O–H groups in total. The van der Waals surface area contributed by atoms with Crippen LogP contribution in [0.3, 0.4) is 0 Å². The molecule has 0 atom stereocenters. The lowest BCUT2D eigenvalue weighted by molar-refractivity contribution is -0.123. The molecule has 6 nitrogen and oxygen atoms in total. The van der Waals surface area contributed by atoms with Crippen LogP contribution in [-0.4, -0.2) is 43.0 Å². The number of carbonyl (C=O) groups is 2. The van der Waals surface area contributed by atoms with Gasteiger partial charge in [-0.3, -0.25) is 4.79 Å². The number of benzene rings is 1. The smallest absolute Gasteiger partial charge is 0.319 e. The number of nitrogens with zero attached hydrogens (tertiary/aromatic N) is 1. The lowest BCUT2D eigenvalue weighted by Gasteiger charge is -2.30. The molecule has 1 aromatic rings. The Morgan fingerprint density at radius 3 is 2.67 bits per heavy atom. The SMILES string of the molecule is NC(=O)C1CCN(CCCNC(=O)Nc2ccc(F)cc2Cl)CC1. The summed E-state index contributed by atoms with van der Waals surface area (Å²) in [5.41, 5.74) is 5.67. The van der Waals surface area contributed by atoms with Crippen molar-refractivity contribution in [2.24, 2.45) is 11.7 Å². The minimum Gasteiger partial charge on any atom is -0.369 e. The van der Waals surface area contributed by atoms with Crippen LogP contribution in [0.5, 0.6) is 0 Å². The third-order valence-corrected chi connectivity index (χ3v) is 4.42. The van der Waals surface area contributed by atoms with E-state index < -0.39 is 5.82 Å². The monoisotopic (exact) mass is 356 g/mol. The van der Waals surface area contributed by atoms with Gasteiger partial charge in [0.1, 0.15) is 5.82 Å². The van der Waals surface area contributed by atoms with E-state index in [1.54, 1.807) is 0 Å². The molecule has 8 heteroatoms. The van der Waals surface area contributed by atoms with Crippen molar-refractivity contribution in [1.29, 1.82) is 0 Å². The van der Waals surface area contributed by atoms with E-state index in [2.05, 4.69) is 15.5 Å². The van der Waals surface area contributed by atoms with E-state index >= 15 is 0 Å². The molecule has 2 rings (SSSR count). The zero-order valence-corrected chi connectivity index (χ0v) is 14.1. The molecule has 0 radical (unpaired) electrons. The average Bonchev–Trinajstić information content (AvgIpc) is 2.55. The third-order valence-electron chi connectivity index (χ3n) is 4.11. The Labute approximate surface area is 145 Å². The Balaban J connectivity index is 1.62. The van der Waals surface area contributed by atoms with Gasteiger partial charge in [0.2, 0.25) is 5.91 Å². The number of urea groups is 1. The van der Waals surface area contributed by atoms with Crippen LogP contribution in [0.1, 0.15) is 19.3 Å². The molecular formula is C16H22ClFN4O2. The van der Waals surface area contributed by atoms with Crippen LogP contribution in [-0.2, 0) is 4.79 Å². The standard InChI is InChI=1S/C16H22ClFN4O2/c17-13-10-12(18)2-3-14(13)21-16(24)20-6-1-7-22-8-4-11(5-9-22)15(19)23/h2-3,10-11H,1,4-9H2,(H2,19,23)(H2,20,21,24). The molecule has 0 saturated carbocycles. The summed E-state index contributed by atoms with van der Waals surface area (Å²) in [7, 11) is 0. The van der Waals surface area contributed by atoms with Gasteiger partial charge in [-0.05, 0) is 57.1 Å². The summed E-state index contributed by atoms with van der Waals surface area (Å²) in [6, 6.07) is 3.42. The van der Waals surface area contributed by atoms with Crippen LogP contribution in [0.15, 0.2) is 18.2 Å². The van der Waals surface area contributed by atoms with Gasteiger partial charge in [0.15, 0.2) is 0 Å². The number of hydrogen-bond acceptors (Lipinski definition) is 3. The minimum absolute atomic E-state index is 0.00869. The zero-order valence-electron chi connectivity index (χ0n) is 13.4. The number of rotatable bonds is 6. The molecule has 3 amide bonds. The van der Waals surface area contributed by atoms with Crippen LogP contribution in [0.25, 0.3) is 0 Å². The number of piperidine rings is 1. The number of carbonyl (C=O) groups excluding carboxylic acids is 2. The Hall–Kier alpha value is -1.86. The van der Waals surface area contributed by atoms with E-state index in [1.165, 1.54) is 12.1 Å². The first-order valence-corrected chi connectivity index (χ1v) is 8.35. The Morgan fingerprint density at radius 2 is 2.04 bits per heavy atom. The van der Waals surface area contributed by atoms with Crippen molar-refractivity contribution >= 4 is 29.2 Å². The molecule has 0 unspecified atom stereocenters. The van der Waals surface area contributed by atoms with Crippen molar-refractivity contribution in [3.63, 3.8) is 0 Å². The number of nitrogens with one attached hydrogen (secondary N) is 2. The van der Waals surface area contributed by atoms with Gasteiger partial charge >= 0.3 is 6.03 Å². The molecule has 0 bridgehead atoms. The van der Waals surface area contributed by atoms with Crippen molar-refractivity contribution in [3.05, 3.63) is 29.0 Å². The van der Waals surface area contributed by atoms with E-state index in [0.717, 1.165) is 45.0 Å². The number of nitrogens with two attached hydrogens (primary N) is 1. The van der Waals surface area contributed by atoms with Crippen LogP contribution >= 0.6 is 11.6 Å². The highest BCUT2D eigenvalue weighted by atomic mass is 35.5. The first kappa shape index (κ1) is 18.5. The molecule has 1 aliphatic heterocycles. The fraction of sp³-hybridized carbons (Fsp3) is 0.500. The van der Waals surface area contributed by atoms with Gasteiger partial charge in [-0.25, -0.2) is 9.18 Å². The molecule has 1 aromatic carbocycles. The summed E-state index contributed by atoms with van der Waals surface area (Å²) < 4.78 is 12.9. The second kappa shape index (κ2) is 8.84. The first-order chi connectivity index (χ1) is 11.5. The minimum atomic E-state index is -0.453. The van der Waals surface area contributed by atoms with Gasteiger partial charge < -0.3 is 21.3 Å². The molecule has 1 heterocycles. The summed E-state index contributed by atoms with van der Waals surface area (Å²) in [4.78, 5) is 25.1. The molecule has 0 spiro atoms. The number of anilines is 1. The summed E-state index contributed by atoms with van der Waals surface area (Å²) in [5.74, 6) is -0.677. The second-order valence-corrected chi connectivity index (χ2v) is 6.28. The van der Waals surface area contributed by atoms with Gasteiger partial charge in [-0.1, -0.05) is 11.6 Å². The molecule has 132 valence electrons. The maximum Gasteiger partial charge on any atom is 0.319 e. The van der Waals surface area contributed by atoms with Crippen molar-refractivity contribution in [2.75, 3.05) is 31.5 Å². The van der Waals surface area contributed by atoms with Crippen molar-refractivity contribution < 1.29 is 14.0 Å². The summed E-state index contributed by atoms with van der Waals surface area (Å²) in [6.07, 6.45) is 2.39. The number of amides is 3. The quantitative estimate of drug-likeness (QED) is 0.683. The van der Waals surface area contributed by atoms with Crippen molar-refractivity contribution in [1.82, 2.24) is 10.2 Å². The number of halogens is 2. The Bertz CT molecular complexity index is 591. The zero-order chi connectivity index (χ0) is 17.5. The van der Waals surface area contributed by atoms with E-state index in [9.17, 15) is 14.0 Å². The van der Waals surface area contributed by atoms with Gasteiger partial charge in [-0.15, -0.1) is 0 Å². The van der Waals surface area contributed by atoms with Crippen molar-refractivity contribution in [2.45, 2.75) is 19.3 Å². The average molecular weight is 357 g/mol. The lowest BCUT2D eigenvalue weighted by atomic mass is 9.96. The fourth-order valence-electron chi connectivity index (χ4n) is 2.70. The predicted octanol–water partition coefficient (Wildman–Crippen LogP) is 2.19. The predicted molar refractivity (Wildman–Crippen MR) is 91.4 cm³/mol. The summed E-state index contributed by atoms with van der Waals surface area (Å²) in [6.45, 7) is 3.07. The topological polar surface area (TPSA) is 87.5 Å². The van der Waals surface area contributed by atoms with E-state index in [-0.39, 0.29) is 22.9 Å². The van der Waals surface area contributed by atoms with Crippen LogP contribution in [0, 0.1) is 11.7 Å². The highest BCUT2D eigenvalue weighted by Crippen LogP contribution is 2.22. The maximum atomic E-state index is 12.9. The molecule has 1 aliphatic rings. The van der Waals surface area contributed by atoms with E-state index in [1.807, 2.05) is 0 Å². The van der Waals surface area contributed by atoms with Gasteiger partial charge in [0, 0.05) is 12.5 Å². The Kier molecular flexibility index (Phi) is 6.81. The molecule has 0 aromatic heterocycles. The fourth-order valence-corrected chi connectivity index (χ4v) is 2.92. The van der Waals surface area contributed by atoms with Crippen molar-refractivity contribution in [3.8, 4) is 0 Å². The van der Waals surface area contributed by atoms with Crippen LogP contribution < -0.4 is 16.4 Å².